The molecule has 1 aromatic carbocycles. The molecule has 5 heteroatoms. The van der Waals surface area contributed by atoms with Gasteiger partial charge in [0.05, 0.1) is 5.75 Å². The third-order valence-electron chi connectivity index (χ3n) is 5.80. The van der Waals surface area contributed by atoms with Gasteiger partial charge in [-0.3, -0.25) is 4.79 Å². The summed E-state index contributed by atoms with van der Waals surface area (Å²) in [5.74, 6) is 3.81. The molecule has 2 fully saturated rings. The summed E-state index contributed by atoms with van der Waals surface area (Å²) in [7, 11) is 2.20. The average molecular weight is 395 g/mol. The number of nitrogens with zero attached hydrogens (tertiary/aromatic N) is 2. The number of rotatable bonds is 5. The minimum absolute atomic E-state index is 0.328. The minimum Gasteiger partial charge on any atom is -0.342 e. The van der Waals surface area contributed by atoms with Crippen LogP contribution in [0.3, 0.4) is 0 Å². The van der Waals surface area contributed by atoms with Crippen LogP contribution in [-0.4, -0.2) is 60.4 Å². The summed E-state index contributed by atoms with van der Waals surface area (Å²) in [6.45, 7) is 6.39. The Hall–Kier alpha value is -0.710. The van der Waals surface area contributed by atoms with E-state index < -0.39 is 0 Å². The number of piperidine rings is 2. The number of hydrogen-bond donors (Lipinski definition) is 0. The van der Waals surface area contributed by atoms with Crippen LogP contribution in [0.15, 0.2) is 24.3 Å². The number of amides is 1. The molecule has 1 unspecified atom stereocenters. The lowest BCUT2D eigenvalue weighted by Gasteiger charge is -2.37. The molecule has 3 nitrogen and oxygen atoms in total. The van der Waals surface area contributed by atoms with E-state index in [2.05, 4.69) is 35.9 Å². The van der Waals surface area contributed by atoms with Gasteiger partial charge >= 0.3 is 0 Å². The predicted octanol–water partition coefficient (Wildman–Crippen LogP) is 4.37. The molecular weight excluding hydrogens is 364 g/mol. The Bertz CT molecular complexity index is 594. The average Bonchev–Trinajstić information content (AvgIpc) is 2.63. The maximum Gasteiger partial charge on any atom is 0.232 e. The molecule has 2 aliphatic heterocycles. The van der Waals surface area contributed by atoms with Gasteiger partial charge in [0.1, 0.15) is 0 Å². The highest BCUT2D eigenvalue weighted by Crippen LogP contribution is 2.35. The smallest absolute Gasteiger partial charge is 0.232 e. The van der Waals surface area contributed by atoms with E-state index in [0.717, 1.165) is 43.4 Å². The third-order valence-corrected chi connectivity index (χ3v) is 7.17. The predicted molar refractivity (Wildman–Crippen MR) is 112 cm³/mol. The number of carbonyl (C=O) groups excluding carboxylic acids is 1. The molecule has 26 heavy (non-hydrogen) atoms. The van der Waals surface area contributed by atoms with Crippen molar-refractivity contribution in [2.45, 2.75) is 32.1 Å². The molecule has 2 heterocycles. The van der Waals surface area contributed by atoms with E-state index >= 15 is 0 Å². The zero-order chi connectivity index (χ0) is 18.5. The van der Waals surface area contributed by atoms with E-state index in [4.69, 9.17) is 11.6 Å². The van der Waals surface area contributed by atoms with Gasteiger partial charge in [0.25, 0.3) is 0 Å². The second-order valence-electron chi connectivity index (χ2n) is 8.07. The first kappa shape index (κ1) is 20.0. The fraction of sp³-hybridized carbons (Fsp3) is 0.667. The first-order valence-electron chi connectivity index (χ1n) is 9.82. The molecule has 0 saturated carbocycles. The standard InChI is InChI=1S/C21H31ClN2OS/c1-16-4-3-10-24(12-16)21(25)15-26-14-18-13-23(2)11-9-20(18)17-5-7-19(22)8-6-17/h5-8,16,18,20H,3-4,9-15H2,1-2H3/t16?,18-,20-/m1/s1. The summed E-state index contributed by atoms with van der Waals surface area (Å²) in [5.41, 5.74) is 1.39. The van der Waals surface area contributed by atoms with Crippen molar-refractivity contribution in [3.8, 4) is 0 Å². The van der Waals surface area contributed by atoms with E-state index in [-0.39, 0.29) is 0 Å². The summed E-state index contributed by atoms with van der Waals surface area (Å²) in [6, 6.07) is 8.35. The van der Waals surface area contributed by atoms with Crippen LogP contribution in [0.2, 0.25) is 5.02 Å². The quantitative estimate of drug-likeness (QED) is 0.740. The molecule has 1 aromatic rings. The molecule has 0 radical (unpaired) electrons. The molecule has 3 rings (SSSR count). The highest BCUT2D eigenvalue weighted by atomic mass is 35.5. The highest BCUT2D eigenvalue weighted by Gasteiger charge is 2.29. The maximum atomic E-state index is 12.5. The molecule has 1 amide bonds. The van der Waals surface area contributed by atoms with Gasteiger partial charge < -0.3 is 9.80 Å². The first-order valence-corrected chi connectivity index (χ1v) is 11.4. The molecule has 0 bridgehead atoms. The fourth-order valence-corrected chi connectivity index (χ4v) is 5.58. The zero-order valence-electron chi connectivity index (χ0n) is 16.0. The van der Waals surface area contributed by atoms with Crippen molar-refractivity contribution in [1.29, 1.82) is 0 Å². The van der Waals surface area contributed by atoms with Gasteiger partial charge in [-0.05, 0) is 74.1 Å². The van der Waals surface area contributed by atoms with E-state index in [9.17, 15) is 4.79 Å². The van der Waals surface area contributed by atoms with E-state index in [1.54, 1.807) is 0 Å². The number of benzene rings is 1. The normalized spacial score (nSPS) is 27.5. The molecule has 0 spiro atoms. The van der Waals surface area contributed by atoms with Crippen LogP contribution in [0, 0.1) is 11.8 Å². The van der Waals surface area contributed by atoms with E-state index in [1.807, 2.05) is 23.9 Å². The Balaban J connectivity index is 1.53. The second kappa shape index (κ2) is 9.48. The SMILES string of the molecule is CC1CCCN(C(=O)CSC[C@H]2CN(C)CC[C@@H]2c2ccc(Cl)cc2)C1. The Morgan fingerprint density at radius 2 is 1.96 bits per heavy atom. The van der Waals surface area contributed by atoms with Crippen LogP contribution in [0.4, 0.5) is 0 Å². The third kappa shape index (κ3) is 5.40. The summed E-state index contributed by atoms with van der Waals surface area (Å²) in [6.07, 6.45) is 3.60. The van der Waals surface area contributed by atoms with Gasteiger partial charge in [-0.25, -0.2) is 0 Å². The molecular formula is C21H31ClN2OS. The van der Waals surface area contributed by atoms with Gasteiger partial charge in [-0.2, -0.15) is 11.8 Å². The van der Waals surface area contributed by atoms with Crippen molar-refractivity contribution in [3.05, 3.63) is 34.9 Å². The molecule has 0 N–H and O–H groups in total. The summed E-state index contributed by atoms with van der Waals surface area (Å²) < 4.78 is 0. The van der Waals surface area contributed by atoms with Crippen LogP contribution in [0.25, 0.3) is 0 Å². The van der Waals surface area contributed by atoms with Crippen molar-refractivity contribution in [1.82, 2.24) is 9.80 Å². The summed E-state index contributed by atoms with van der Waals surface area (Å²) in [5, 5.41) is 0.800. The van der Waals surface area contributed by atoms with Crippen molar-refractivity contribution >= 4 is 29.3 Å². The topological polar surface area (TPSA) is 23.6 Å². The van der Waals surface area contributed by atoms with Crippen molar-refractivity contribution < 1.29 is 4.79 Å². The molecule has 0 aliphatic carbocycles. The molecule has 2 saturated heterocycles. The van der Waals surface area contributed by atoms with Crippen LogP contribution < -0.4 is 0 Å². The first-order chi connectivity index (χ1) is 12.5. The van der Waals surface area contributed by atoms with Crippen molar-refractivity contribution in [2.24, 2.45) is 11.8 Å². The van der Waals surface area contributed by atoms with Crippen LogP contribution >= 0.6 is 23.4 Å². The van der Waals surface area contributed by atoms with Crippen LogP contribution in [-0.2, 0) is 4.79 Å². The van der Waals surface area contributed by atoms with Gasteiger partial charge in [-0.1, -0.05) is 30.7 Å². The van der Waals surface area contributed by atoms with Crippen molar-refractivity contribution in [2.75, 3.05) is 44.7 Å². The molecule has 2 aliphatic rings. The largest absolute Gasteiger partial charge is 0.342 e. The molecule has 144 valence electrons. The van der Waals surface area contributed by atoms with Gasteiger partial charge in [0, 0.05) is 24.7 Å². The zero-order valence-corrected chi connectivity index (χ0v) is 17.6. The van der Waals surface area contributed by atoms with Crippen LogP contribution in [0.5, 0.6) is 0 Å². The number of hydrogen-bond acceptors (Lipinski definition) is 3. The number of likely N-dealkylation sites (tertiary alicyclic amines) is 2. The number of thioether (sulfide) groups is 1. The summed E-state index contributed by atoms with van der Waals surface area (Å²) in [4.78, 5) is 17.0. The maximum absolute atomic E-state index is 12.5. The lowest BCUT2D eigenvalue weighted by molar-refractivity contribution is -0.130. The van der Waals surface area contributed by atoms with Gasteiger partial charge in [0.15, 0.2) is 0 Å². The van der Waals surface area contributed by atoms with Gasteiger partial charge in [0.2, 0.25) is 5.91 Å². The molecule has 0 aromatic heterocycles. The summed E-state index contributed by atoms with van der Waals surface area (Å²) >= 11 is 7.88. The second-order valence-corrected chi connectivity index (χ2v) is 9.54. The fourth-order valence-electron chi connectivity index (χ4n) is 4.34. The molecule has 3 atom stereocenters. The van der Waals surface area contributed by atoms with Crippen molar-refractivity contribution in [3.63, 3.8) is 0 Å². The Morgan fingerprint density at radius 1 is 1.19 bits per heavy atom. The van der Waals surface area contributed by atoms with Crippen LogP contribution in [0.1, 0.15) is 37.7 Å². The Kier molecular flexibility index (Phi) is 7.30. The van der Waals surface area contributed by atoms with E-state index in [0.29, 0.717) is 29.4 Å². The lowest BCUT2D eigenvalue weighted by Crippen LogP contribution is -2.41. The Morgan fingerprint density at radius 3 is 2.69 bits per heavy atom. The highest BCUT2D eigenvalue weighted by molar-refractivity contribution is 7.99. The Labute approximate surface area is 167 Å². The lowest BCUT2D eigenvalue weighted by atomic mass is 9.81. The monoisotopic (exact) mass is 394 g/mol. The number of carbonyl (C=O) groups is 1. The van der Waals surface area contributed by atoms with Gasteiger partial charge in [-0.15, -0.1) is 0 Å². The number of halogens is 1. The van der Waals surface area contributed by atoms with E-state index in [1.165, 1.54) is 18.4 Å². The minimum atomic E-state index is 0.328.